The molecule has 0 spiro atoms. The molecule has 0 saturated heterocycles. The maximum absolute atomic E-state index is 13.9. The molecule has 0 atom stereocenters. The van der Waals surface area contributed by atoms with Gasteiger partial charge in [0, 0.05) is 0 Å². The van der Waals surface area contributed by atoms with Gasteiger partial charge in [-0.05, 0) is 55.0 Å². The van der Waals surface area contributed by atoms with Crippen molar-refractivity contribution in [2.45, 2.75) is 13.5 Å². The van der Waals surface area contributed by atoms with Crippen molar-refractivity contribution >= 4 is 27.3 Å². The predicted molar refractivity (Wildman–Crippen MR) is 136 cm³/mol. The van der Waals surface area contributed by atoms with Crippen molar-refractivity contribution in [3.63, 3.8) is 0 Å². The number of ketones is 1. The minimum absolute atomic E-state index is 0.0265. The smallest absolute Gasteiger partial charge is 0.242 e. The average molecular weight is 515 g/mol. The van der Waals surface area contributed by atoms with Crippen LogP contribution in [0.1, 0.15) is 27.6 Å². The maximum Gasteiger partial charge on any atom is 0.242 e. The lowest BCUT2D eigenvalue weighted by Crippen LogP contribution is -2.05. The number of furan rings is 2. The molecule has 0 radical (unpaired) electrons. The second-order valence-electron chi connectivity index (χ2n) is 8.29. The number of hydrogen-bond acceptors (Lipinski definition) is 7. The summed E-state index contributed by atoms with van der Waals surface area (Å²) in [5, 5.41) is 11.9. The van der Waals surface area contributed by atoms with Crippen LogP contribution in [-0.4, -0.2) is 20.4 Å². The van der Waals surface area contributed by atoms with Gasteiger partial charge in [0.2, 0.25) is 11.7 Å². The lowest BCUT2D eigenvalue weighted by molar-refractivity contribution is 0.100. The van der Waals surface area contributed by atoms with Crippen LogP contribution >= 0.6 is 11.3 Å². The van der Waals surface area contributed by atoms with Crippen LogP contribution in [0.2, 0.25) is 0 Å². The molecule has 184 valence electrons. The quantitative estimate of drug-likeness (QED) is 0.233. The van der Waals surface area contributed by atoms with Crippen LogP contribution in [0.15, 0.2) is 87.9 Å². The van der Waals surface area contributed by atoms with Crippen molar-refractivity contribution in [1.29, 1.82) is 0 Å². The number of ether oxygens (including phenoxy) is 1. The third-order valence-electron chi connectivity index (χ3n) is 5.81. The molecule has 0 bridgehead atoms. The van der Waals surface area contributed by atoms with Crippen LogP contribution in [-0.2, 0) is 6.61 Å². The van der Waals surface area contributed by atoms with Gasteiger partial charge in [0.15, 0.2) is 16.6 Å². The molecule has 0 aliphatic heterocycles. The van der Waals surface area contributed by atoms with E-state index in [4.69, 9.17) is 13.6 Å². The Labute approximate surface area is 214 Å². The minimum atomic E-state index is -0.470. The lowest BCUT2D eigenvalue weighted by atomic mass is 10.0. The zero-order valence-electron chi connectivity index (χ0n) is 19.5. The van der Waals surface area contributed by atoms with Gasteiger partial charge in [-0.2, -0.15) is 0 Å². The van der Waals surface area contributed by atoms with E-state index in [1.165, 1.54) is 34.3 Å². The molecular formula is C28H19FN2O5S. The molecule has 6 rings (SSSR count). The van der Waals surface area contributed by atoms with Crippen LogP contribution in [0.4, 0.5) is 4.39 Å². The molecule has 0 fully saturated rings. The average Bonchev–Trinajstić information content (AvgIpc) is 3.69. The zero-order valence-corrected chi connectivity index (χ0v) is 20.3. The van der Waals surface area contributed by atoms with Crippen molar-refractivity contribution in [2.24, 2.45) is 0 Å². The summed E-state index contributed by atoms with van der Waals surface area (Å²) >= 11 is 1.18. The highest BCUT2D eigenvalue weighted by molar-refractivity contribution is 7.20. The number of aryl methyl sites for hydroxylation is 1. The second-order valence-corrected chi connectivity index (χ2v) is 9.30. The van der Waals surface area contributed by atoms with E-state index in [1.54, 1.807) is 37.3 Å². The number of aromatic nitrogens is 2. The van der Waals surface area contributed by atoms with Crippen molar-refractivity contribution in [1.82, 2.24) is 9.55 Å². The first kappa shape index (κ1) is 22.8. The highest BCUT2D eigenvalue weighted by Gasteiger charge is 2.33. The summed E-state index contributed by atoms with van der Waals surface area (Å²) in [7, 11) is 0. The van der Waals surface area contributed by atoms with Crippen LogP contribution < -0.4 is 4.74 Å². The maximum atomic E-state index is 13.9. The number of fused-ring (bicyclic) bond motifs is 1. The van der Waals surface area contributed by atoms with E-state index in [0.717, 1.165) is 0 Å². The molecule has 4 aromatic heterocycles. The molecule has 37 heavy (non-hydrogen) atoms. The second kappa shape index (κ2) is 9.11. The monoisotopic (exact) mass is 514 g/mol. The van der Waals surface area contributed by atoms with Gasteiger partial charge in [0.05, 0.1) is 27.7 Å². The molecule has 6 aromatic rings. The highest BCUT2D eigenvalue weighted by atomic mass is 32.1. The molecule has 9 heteroatoms. The van der Waals surface area contributed by atoms with Crippen molar-refractivity contribution < 1.29 is 27.9 Å². The fraction of sp³-hybridized carbons (Fsp3) is 0.0714. The summed E-state index contributed by atoms with van der Waals surface area (Å²) in [5.74, 6) is -0.0511. The molecule has 0 unspecified atom stereocenters. The Bertz CT molecular complexity index is 1730. The molecular weight excluding hydrogens is 495 g/mol. The number of aromatic hydroxyl groups is 1. The Morgan fingerprint density at radius 3 is 2.68 bits per heavy atom. The van der Waals surface area contributed by atoms with E-state index in [2.05, 4.69) is 4.98 Å². The van der Waals surface area contributed by atoms with Crippen molar-refractivity contribution in [2.75, 3.05) is 0 Å². The molecule has 0 aliphatic rings. The number of hydrogen-bond donors (Lipinski definition) is 1. The summed E-state index contributed by atoms with van der Waals surface area (Å²) in [6, 6.07) is 20.1. The van der Waals surface area contributed by atoms with E-state index >= 15 is 0 Å². The molecule has 4 heterocycles. The minimum Gasteiger partial charge on any atom is -0.492 e. The largest absolute Gasteiger partial charge is 0.492 e. The summed E-state index contributed by atoms with van der Waals surface area (Å²) in [6.07, 6.45) is 1.51. The Morgan fingerprint density at radius 2 is 1.95 bits per heavy atom. The van der Waals surface area contributed by atoms with Crippen molar-refractivity contribution in [3.8, 4) is 28.0 Å². The third-order valence-corrected chi connectivity index (χ3v) is 6.81. The highest BCUT2D eigenvalue weighted by Crippen LogP contribution is 2.46. The molecule has 0 amide bonds. The van der Waals surface area contributed by atoms with E-state index in [-0.39, 0.29) is 29.6 Å². The molecule has 2 aromatic carbocycles. The Morgan fingerprint density at radius 1 is 1.11 bits per heavy atom. The van der Waals surface area contributed by atoms with Gasteiger partial charge < -0.3 is 18.7 Å². The number of carbonyl (C=O) groups is 1. The lowest BCUT2D eigenvalue weighted by Gasteiger charge is -2.09. The van der Waals surface area contributed by atoms with Crippen molar-refractivity contribution in [3.05, 3.63) is 108 Å². The number of halogens is 1. The van der Waals surface area contributed by atoms with Crippen LogP contribution in [0.25, 0.3) is 26.6 Å². The normalized spacial score (nSPS) is 11.3. The van der Waals surface area contributed by atoms with Gasteiger partial charge >= 0.3 is 0 Å². The third kappa shape index (κ3) is 4.09. The molecule has 7 nitrogen and oxygen atoms in total. The van der Waals surface area contributed by atoms with Gasteiger partial charge in [-0.3, -0.25) is 9.36 Å². The van der Waals surface area contributed by atoms with E-state index in [0.29, 0.717) is 38.1 Å². The summed E-state index contributed by atoms with van der Waals surface area (Å²) in [5.41, 5.74) is 1.67. The summed E-state index contributed by atoms with van der Waals surface area (Å²) in [4.78, 5) is 18.5. The van der Waals surface area contributed by atoms with Gasteiger partial charge in [0.25, 0.3) is 0 Å². The summed E-state index contributed by atoms with van der Waals surface area (Å²) in [6.45, 7) is 1.72. The number of carbonyl (C=O) groups excluding carboxylic acids is 1. The first-order valence-corrected chi connectivity index (χ1v) is 12.2. The Kier molecular flexibility index (Phi) is 5.61. The number of thiazole rings is 1. The Hall–Kier alpha value is -4.63. The SMILES string of the molecule is Cc1ccc(C(=O)c2c(OCc3ccco3)c(O)n(-c3nc4ccc(F)cc4s3)c2-c2ccccc2)o1. The fourth-order valence-electron chi connectivity index (χ4n) is 4.14. The number of rotatable bonds is 7. The standard InChI is InChI=1S/C28H19FN2O5S/c1-16-9-12-21(36-16)25(32)23-24(17-6-3-2-4-7-17)31(27(33)26(23)35-15-19-8-5-13-34-19)28-30-20-11-10-18(29)14-22(20)37-28/h2-14,33H,15H2,1H3. The molecule has 0 saturated carbocycles. The van der Waals surface area contributed by atoms with Gasteiger partial charge in [-0.15, -0.1) is 0 Å². The van der Waals surface area contributed by atoms with E-state index in [1.807, 2.05) is 30.3 Å². The molecule has 1 N–H and O–H groups in total. The van der Waals surface area contributed by atoms with E-state index < -0.39 is 11.6 Å². The summed E-state index contributed by atoms with van der Waals surface area (Å²) < 4.78 is 33.0. The molecule has 0 aliphatic carbocycles. The van der Waals surface area contributed by atoms with Gasteiger partial charge in [-0.1, -0.05) is 41.7 Å². The number of benzene rings is 2. The van der Waals surface area contributed by atoms with Crippen LogP contribution in [0.3, 0.4) is 0 Å². The van der Waals surface area contributed by atoms with Gasteiger partial charge in [0.1, 0.15) is 23.9 Å². The zero-order chi connectivity index (χ0) is 25.5. The van der Waals surface area contributed by atoms with Crippen LogP contribution in [0.5, 0.6) is 11.6 Å². The Balaban J connectivity index is 1.62. The fourth-order valence-corrected chi connectivity index (χ4v) is 5.14. The predicted octanol–water partition coefficient (Wildman–Crippen LogP) is 6.90. The number of nitrogens with zero attached hydrogens (tertiary/aromatic N) is 2. The van der Waals surface area contributed by atoms with Crippen LogP contribution in [0, 0.1) is 12.7 Å². The first-order valence-electron chi connectivity index (χ1n) is 11.4. The van der Waals surface area contributed by atoms with E-state index in [9.17, 15) is 14.3 Å². The topological polar surface area (TPSA) is 90.6 Å². The van der Waals surface area contributed by atoms with Gasteiger partial charge in [-0.25, -0.2) is 9.37 Å². The first-order chi connectivity index (χ1) is 18.0.